The van der Waals surface area contributed by atoms with Crippen molar-refractivity contribution in [2.75, 3.05) is 20.1 Å². The van der Waals surface area contributed by atoms with E-state index in [2.05, 4.69) is 47.0 Å². The van der Waals surface area contributed by atoms with Gasteiger partial charge in [0.1, 0.15) is 0 Å². The molecule has 1 amide bonds. The molecule has 3 nitrogen and oxygen atoms in total. The summed E-state index contributed by atoms with van der Waals surface area (Å²) >= 11 is 3.43. The number of carbonyl (C=O) groups is 1. The van der Waals surface area contributed by atoms with Crippen molar-refractivity contribution < 1.29 is 4.79 Å². The number of benzene rings is 1. The molecule has 1 aromatic carbocycles. The lowest BCUT2D eigenvalue weighted by molar-refractivity contribution is 0.0951. The van der Waals surface area contributed by atoms with Crippen LogP contribution in [0, 0.1) is 6.92 Å². The van der Waals surface area contributed by atoms with Crippen molar-refractivity contribution in [1.29, 1.82) is 0 Å². The van der Waals surface area contributed by atoms with Gasteiger partial charge in [-0.25, -0.2) is 0 Å². The molecule has 0 saturated heterocycles. The molecule has 106 valence electrons. The van der Waals surface area contributed by atoms with Gasteiger partial charge in [0, 0.05) is 17.1 Å². The number of nitrogens with one attached hydrogen (secondary N) is 1. The molecule has 0 radical (unpaired) electrons. The minimum Gasteiger partial charge on any atom is -0.352 e. The van der Waals surface area contributed by atoms with E-state index in [1.165, 1.54) is 0 Å². The maximum absolute atomic E-state index is 12.0. The zero-order valence-corrected chi connectivity index (χ0v) is 13.8. The first-order valence-corrected chi connectivity index (χ1v) is 7.45. The third-order valence-electron chi connectivity index (χ3n) is 3.22. The van der Waals surface area contributed by atoms with Gasteiger partial charge in [-0.05, 0) is 74.4 Å². The van der Waals surface area contributed by atoms with Crippen LogP contribution in [0.25, 0.3) is 0 Å². The van der Waals surface area contributed by atoms with Gasteiger partial charge in [0.05, 0.1) is 5.56 Å². The Hall–Kier alpha value is -0.870. The molecule has 4 heteroatoms. The molecule has 0 atom stereocenters. The Kier molecular flexibility index (Phi) is 6.52. The van der Waals surface area contributed by atoms with Crippen LogP contribution in [0.3, 0.4) is 0 Å². The van der Waals surface area contributed by atoms with Crippen molar-refractivity contribution >= 4 is 21.8 Å². The van der Waals surface area contributed by atoms with Crippen LogP contribution in [-0.4, -0.2) is 37.0 Å². The summed E-state index contributed by atoms with van der Waals surface area (Å²) in [5.41, 5.74) is 1.84. The summed E-state index contributed by atoms with van der Waals surface area (Å²) in [6, 6.07) is 6.31. The highest BCUT2D eigenvalue weighted by Gasteiger charge is 2.09. The van der Waals surface area contributed by atoms with E-state index in [-0.39, 0.29) is 5.91 Å². The molecule has 1 N–H and O–H groups in total. The molecule has 0 aliphatic heterocycles. The smallest absolute Gasteiger partial charge is 0.252 e. The number of halogens is 1. The zero-order valence-electron chi connectivity index (χ0n) is 12.2. The monoisotopic (exact) mass is 326 g/mol. The summed E-state index contributed by atoms with van der Waals surface area (Å²) in [7, 11) is 2.10. The number of hydrogen-bond donors (Lipinski definition) is 1. The van der Waals surface area contributed by atoms with Crippen LogP contribution in [0.5, 0.6) is 0 Å². The highest BCUT2D eigenvalue weighted by Crippen LogP contribution is 2.18. The molecule has 0 aliphatic rings. The lowest BCUT2D eigenvalue weighted by atomic mass is 10.1. The van der Waals surface area contributed by atoms with Crippen LogP contribution in [-0.2, 0) is 0 Å². The Morgan fingerprint density at radius 3 is 2.68 bits per heavy atom. The third kappa shape index (κ3) is 5.33. The topological polar surface area (TPSA) is 32.3 Å². The summed E-state index contributed by atoms with van der Waals surface area (Å²) in [4.78, 5) is 14.3. The van der Waals surface area contributed by atoms with E-state index in [1.807, 2.05) is 25.1 Å². The molecule has 1 aromatic rings. The van der Waals surface area contributed by atoms with Crippen LogP contribution in [0.1, 0.15) is 36.2 Å². The summed E-state index contributed by atoms with van der Waals surface area (Å²) in [5.74, 6) is -0.0147. The van der Waals surface area contributed by atoms with Gasteiger partial charge >= 0.3 is 0 Å². The predicted octanol–water partition coefficient (Wildman–Crippen LogP) is 3.22. The normalized spacial score (nSPS) is 11.1. The first-order valence-electron chi connectivity index (χ1n) is 6.66. The van der Waals surface area contributed by atoms with Gasteiger partial charge in [0.25, 0.3) is 5.91 Å². The van der Waals surface area contributed by atoms with Gasteiger partial charge in [-0.1, -0.05) is 6.07 Å². The molecule has 0 saturated carbocycles. The largest absolute Gasteiger partial charge is 0.352 e. The highest BCUT2D eigenvalue weighted by molar-refractivity contribution is 9.10. The van der Waals surface area contributed by atoms with Gasteiger partial charge in [0.15, 0.2) is 0 Å². The van der Waals surface area contributed by atoms with E-state index in [9.17, 15) is 4.79 Å². The minimum absolute atomic E-state index is 0.0147. The molecule has 0 aromatic heterocycles. The first-order chi connectivity index (χ1) is 8.91. The molecule has 0 fully saturated rings. The second kappa shape index (κ2) is 7.65. The van der Waals surface area contributed by atoms with Crippen molar-refractivity contribution in [2.24, 2.45) is 0 Å². The van der Waals surface area contributed by atoms with Crippen LogP contribution >= 0.6 is 15.9 Å². The second-order valence-corrected chi connectivity index (χ2v) is 6.02. The van der Waals surface area contributed by atoms with Crippen molar-refractivity contribution in [3.05, 3.63) is 33.8 Å². The summed E-state index contributed by atoms with van der Waals surface area (Å²) in [5, 5.41) is 2.96. The molecule has 0 bridgehead atoms. The third-order valence-corrected chi connectivity index (χ3v) is 3.88. The van der Waals surface area contributed by atoms with Crippen LogP contribution in [0.2, 0.25) is 0 Å². The number of hydrogen-bond acceptors (Lipinski definition) is 2. The fourth-order valence-electron chi connectivity index (χ4n) is 1.69. The summed E-state index contributed by atoms with van der Waals surface area (Å²) in [6.45, 7) is 8.04. The Morgan fingerprint density at radius 1 is 1.42 bits per heavy atom. The molecule has 19 heavy (non-hydrogen) atoms. The maximum atomic E-state index is 12.0. The van der Waals surface area contributed by atoms with E-state index < -0.39 is 0 Å². The quantitative estimate of drug-likeness (QED) is 0.814. The summed E-state index contributed by atoms with van der Waals surface area (Å²) < 4.78 is 0.851. The van der Waals surface area contributed by atoms with E-state index >= 15 is 0 Å². The van der Waals surface area contributed by atoms with E-state index in [1.54, 1.807) is 0 Å². The van der Waals surface area contributed by atoms with E-state index in [4.69, 9.17) is 0 Å². The lowest BCUT2D eigenvalue weighted by Crippen LogP contribution is -2.31. The number of carbonyl (C=O) groups excluding carboxylic acids is 1. The van der Waals surface area contributed by atoms with Crippen molar-refractivity contribution in [3.63, 3.8) is 0 Å². The Bertz CT molecular complexity index is 432. The van der Waals surface area contributed by atoms with Gasteiger partial charge in [0.2, 0.25) is 0 Å². The van der Waals surface area contributed by atoms with Crippen molar-refractivity contribution in [1.82, 2.24) is 10.2 Å². The van der Waals surface area contributed by atoms with Crippen LogP contribution in [0.15, 0.2) is 22.7 Å². The number of nitrogens with zero attached hydrogens (tertiary/aromatic N) is 1. The standard InChI is InChI=1S/C15H23BrN2O/c1-11(2)18(4)9-5-8-17-15(19)13-7-6-12(3)10-14(13)16/h6-7,10-11H,5,8-9H2,1-4H3,(H,17,19). The molecule has 1 rings (SSSR count). The zero-order chi connectivity index (χ0) is 14.4. The average Bonchev–Trinajstić information content (AvgIpc) is 2.33. The van der Waals surface area contributed by atoms with E-state index in [0.29, 0.717) is 18.2 Å². The minimum atomic E-state index is -0.0147. The van der Waals surface area contributed by atoms with Gasteiger partial charge in [-0.15, -0.1) is 0 Å². The predicted molar refractivity (Wildman–Crippen MR) is 83.6 cm³/mol. The Labute approximate surface area is 124 Å². The molecular weight excluding hydrogens is 304 g/mol. The van der Waals surface area contributed by atoms with E-state index in [0.717, 1.165) is 23.0 Å². The van der Waals surface area contributed by atoms with Crippen LogP contribution in [0.4, 0.5) is 0 Å². The maximum Gasteiger partial charge on any atom is 0.252 e. The van der Waals surface area contributed by atoms with Crippen LogP contribution < -0.4 is 5.32 Å². The Balaban J connectivity index is 2.39. The first kappa shape index (κ1) is 16.2. The SMILES string of the molecule is Cc1ccc(C(=O)NCCCN(C)C(C)C)c(Br)c1. The Morgan fingerprint density at radius 2 is 2.11 bits per heavy atom. The second-order valence-electron chi connectivity index (χ2n) is 5.17. The van der Waals surface area contributed by atoms with Crippen molar-refractivity contribution in [3.8, 4) is 0 Å². The molecule has 0 heterocycles. The molecular formula is C15H23BrN2O. The molecule has 0 unspecified atom stereocenters. The average molecular weight is 327 g/mol. The highest BCUT2D eigenvalue weighted by atomic mass is 79.9. The number of rotatable bonds is 6. The fourth-order valence-corrected chi connectivity index (χ4v) is 2.36. The number of amides is 1. The van der Waals surface area contributed by atoms with Gasteiger partial charge in [-0.2, -0.15) is 0 Å². The van der Waals surface area contributed by atoms with Crippen molar-refractivity contribution in [2.45, 2.75) is 33.2 Å². The summed E-state index contributed by atoms with van der Waals surface area (Å²) in [6.07, 6.45) is 0.962. The molecule has 0 spiro atoms. The fraction of sp³-hybridized carbons (Fsp3) is 0.533. The van der Waals surface area contributed by atoms with Gasteiger partial charge in [-0.3, -0.25) is 4.79 Å². The lowest BCUT2D eigenvalue weighted by Gasteiger charge is -2.20. The number of aryl methyl sites for hydroxylation is 1. The van der Waals surface area contributed by atoms with Gasteiger partial charge < -0.3 is 10.2 Å². The molecule has 0 aliphatic carbocycles.